The van der Waals surface area contributed by atoms with Gasteiger partial charge in [0.25, 0.3) is 0 Å². The topological polar surface area (TPSA) is 47.9 Å². The van der Waals surface area contributed by atoms with Gasteiger partial charge in [-0.15, -0.1) is 0 Å². The maximum atomic E-state index is 9.23. The van der Waals surface area contributed by atoms with E-state index in [-0.39, 0.29) is 11.3 Å². The molecule has 16 heavy (non-hydrogen) atoms. The van der Waals surface area contributed by atoms with Crippen molar-refractivity contribution in [2.24, 2.45) is 0 Å². The minimum absolute atomic E-state index is 0.0214. The molecule has 0 saturated heterocycles. The molecule has 0 heterocycles. The molecule has 1 rings (SSSR count). The zero-order valence-electron chi connectivity index (χ0n) is 10.1. The van der Waals surface area contributed by atoms with Gasteiger partial charge in [0.15, 0.2) is 0 Å². The molecule has 0 radical (unpaired) electrons. The van der Waals surface area contributed by atoms with Crippen LogP contribution in [0.3, 0.4) is 0 Å². The summed E-state index contributed by atoms with van der Waals surface area (Å²) in [5.74, 6) is 0.246. The van der Waals surface area contributed by atoms with E-state index in [1.54, 1.807) is 33.5 Å². The Bertz CT molecular complexity index is 313. The van der Waals surface area contributed by atoms with E-state index in [9.17, 15) is 5.11 Å². The molecule has 1 aromatic rings. The first-order valence-electron chi connectivity index (χ1n) is 5.04. The molecular weight excluding hydrogens is 224 g/mol. The highest BCUT2D eigenvalue weighted by Crippen LogP contribution is 2.29. The van der Waals surface area contributed by atoms with E-state index in [1.807, 2.05) is 19.1 Å². The second-order valence-corrected chi connectivity index (χ2v) is 6.83. The monoisotopic (exact) mass is 242 g/mol. The summed E-state index contributed by atoms with van der Waals surface area (Å²) in [4.78, 5) is 0. The predicted octanol–water partition coefficient (Wildman–Crippen LogP) is 1.91. The quantitative estimate of drug-likeness (QED) is 0.801. The van der Waals surface area contributed by atoms with Crippen LogP contribution in [-0.2, 0) is 13.3 Å². The number of hydrogen-bond donors (Lipinski definition) is 1. The van der Waals surface area contributed by atoms with Gasteiger partial charge in [-0.25, -0.2) is 0 Å². The van der Waals surface area contributed by atoms with Gasteiger partial charge >= 0.3 is 8.80 Å². The van der Waals surface area contributed by atoms with Crippen LogP contribution in [0, 0.1) is 0 Å². The minimum atomic E-state index is -2.66. The van der Waals surface area contributed by atoms with Crippen LogP contribution in [0.1, 0.15) is 18.0 Å². The Labute approximate surface area is 97.1 Å². The molecule has 0 aliphatic heterocycles. The molecule has 0 bridgehead atoms. The largest absolute Gasteiger partial charge is 0.508 e. The lowest BCUT2D eigenvalue weighted by atomic mass is 10.1. The van der Waals surface area contributed by atoms with Crippen molar-refractivity contribution in [1.29, 1.82) is 0 Å². The van der Waals surface area contributed by atoms with Crippen molar-refractivity contribution in [2.75, 3.05) is 21.3 Å². The smallest absolute Gasteiger partial charge is 0.507 e. The molecule has 0 saturated carbocycles. The standard InChI is InChI=1S/C11H18O4Si/c1-9(16(13-2,14-3)15-4)10-5-7-11(12)8-6-10/h5-9,12H,1-4H3. The summed E-state index contributed by atoms with van der Waals surface area (Å²) in [6.07, 6.45) is 0. The molecule has 1 unspecified atom stereocenters. The Morgan fingerprint density at radius 3 is 1.81 bits per heavy atom. The fourth-order valence-corrected chi connectivity index (χ4v) is 3.91. The van der Waals surface area contributed by atoms with Crippen molar-refractivity contribution in [3.63, 3.8) is 0 Å². The first-order chi connectivity index (χ1) is 7.59. The fraction of sp³-hybridized carbons (Fsp3) is 0.455. The molecule has 90 valence electrons. The number of hydrogen-bond acceptors (Lipinski definition) is 4. The van der Waals surface area contributed by atoms with E-state index in [2.05, 4.69) is 0 Å². The van der Waals surface area contributed by atoms with E-state index < -0.39 is 8.80 Å². The summed E-state index contributed by atoms with van der Waals surface area (Å²) < 4.78 is 16.2. The van der Waals surface area contributed by atoms with Crippen LogP contribution in [0.2, 0.25) is 0 Å². The summed E-state index contributed by atoms with van der Waals surface area (Å²) in [6, 6.07) is 6.98. The second kappa shape index (κ2) is 5.45. The number of benzene rings is 1. The average Bonchev–Trinajstić information content (AvgIpc) is 2.33. The molecule has 5 heteroatoms. The fourth-order valence-electron chi connectivity index (χ4n) is 1.75. The van der Waals surface area contributed by atoms with Gasteiger partial charge in [0.05, 0.1) is 5.54 Å². The van der Waals surface area contributed by atoms with Gasteiger partial charge in [-0.2, -0.15) is 0 Å². The lowest BCUT2D eigenvalue weighted by Crippen LogP contribution is -2.48. The Hall–Kier alpha value is -0.883. The molecule has 0 amide bonds. The van der Waals surface area contributed by atoms with E-state index in [0.29, 0.717) is 0 Å². The summed E-state index contributed by atoms with van der Waals surface area (Å²) >= 11 is 0. The Morgan fingerprint density at radius 2 is 1.44 bits per heavy atom. The summed E-state index contributed by atoms with van der Waals surface area (Å²) in [6.45, 7) is 2.00. The molecule has 0 aliphatic rings. The number of aromatic hydroxyl groups is 1. The maximum absolute atomic E-state index is 9.23. The van der Waals surface area contributed by atoms with Gasteiger partial charge in [0.2, 0.25) is 0 Å². The molecule has 0 spiro atoms. The van der Waals surface area contributed by atoms with Crippen LogP contribution < -0.4 is 0 Å². The number of phenols is 1. The lowest BCUT2D eigenvalue weighted by molar-refractivity contribution is 0.114. The second-order valence-electron chi connectivity index (χ2n) is 3.53. The minimum Gasteiger partial charge on any atom is -0.508 e. The zero-order valence-corrected chi connectivity index (χ0v) is 11.1. The summed E-state index contributed by atoms with van der Waals surface area (Å²) in [5.41, 5.74) is 1.04. The van der Waals surface area contributed by atoms with E-state index in [1.165, 1.54) is 0 Å². The third-order valence-electron chi connectivity index (χ3n) is 2.78. The highest BCUT2D eigenvalue weighted by atomic mass is 28.4. The Balaban J connectivity index is 2.98. The molecule has 0 aromatic heterocycles. The van der Waals surface area contributed by atoms with E-state index in [0.717, 1.165) is 5.56 Å². The van der Waals surface area contributed by atoms with Crippen molar-refractivity contribution in [2.45, 2.75) is 12.5 Å². The van der Waals surface area contributed by atoms with Crippen molar-refractivity contribution in [1.82, 2.24) is 0 Å². The molecule has 1 atom stereocenters. The predicted molar refractivity (Wildman–Crippen MR) is 63.3 cm³/mol. The molecule has 0 aliphatic carbocycles. The van der Waals surface area contributed by atoms with Gasteiger partial charge in [0, 0.05) is 21.3 Å². The average molecular weight is 242 g/mol. The molecule has 0 fully saturated rings. The highest BCUT2D eigenvalue weighted by Gasteiger charge is 2.45. The van der Waals surface area contributed by atoms with Gasteiger partial charge in [-0.05, 0) is 17.7 Å². The molecular formula is C11H18O4Si. The van der Waals surface area contributed by atoms with Crippen LogP contribution in [0.4, 0.5) is 0 Å². The lowest BCUT2D eigenvalue weighted by Gasteiger charge is -2.30. The first-order valence-corrected chi connectivity index (χ1v) is 6.84. The van der Waals surface area contributed by atoms with Crippen LogP contribution >= 0.6 is 0 Å². The third kappa shape index (κ3) is 2.44. The summed E-state index contributed by atoms with van der Waals surface area (Å²) in [7, 11) is 2.12. The van der Waals surface area contributed by atoms with Gasteiger partial charge < -0.3 is 18.4 Å². The van der Waals surface area contributed by atoms with Crippen molar-refractivity contribution >= 4 is 8.80 Å². The number of rotatable bonds is 5. The SMILES string of the molecule is CO[Si](OC)(OC)C(C)c1ccc(O)cc1. The third-order valence-corrected chi connectivity index (χ3v) is 5.88. The van der Waals surface area contributed by atoms with Crippen LogP contribution in [-0.4, -0.2) is 35.2 Å². The zero-order chi connectivity index (χ0) is 12.2. The molecule has 4 nitrogen and oxygen atoms in total. The van der Waals surface area contributed by atoms with Crippen molar-refractivity contribution in [3.8, 4) is 5.75 Å². The normalized spacial score (nSPS) is 13.8. The summed E-state index contributed by atoms with van der Waals surface area (Å²) in [5, 5.41) is 9.23. The van der Waals surface area contributed by atoms with Crippen molar-refractivity contribution < 1.29 is 18.4 Å². The van der Waals surface area contributed by atoms with Gasteiger partial charge in [-0.3, -0.25) is 0 Å². The van der Waals surface area contributed by atoms with Gasteiger partial charge in [-0.1, -0.05) is 19.1 Å². The van der Waals surface area contributed by atoms with E-state index in [4.69, 9.17) is 13.3 Å². The van der Waals surface area contributed by atoms with Crippen LogP contribution in [0.5, 0.6) is 5.75 Å². The van der Waals surface area contributed by atoms with Crippen LogP contribution in [0.15, 0.2) is 24.3 Å². The molecule has 1 N–H and O–H groups in total. The Morgan fingerprint density at radius 1 is 1.00 bits per heavy atom. The Kier molecular flexibility index (Phi) is 4.49. The molecule has 1 aromatic carbocycles. The van der Waals surface area contributed by atoms with Crippen molar-refractivity contribution in [3.05, 3.63) is 29.8 Å². The highest BCUT2D eigenvalue weighted by molar-refractivity contribution is 6.62. The number of phenolic OH excluding ortho intramolecular Hbond substituents is 1. The van der Waals surface area contributed by atoms with Crippen LogP contribution in [0.25, 0.3) is 0 Å². The first kappa shape index (κ1) is 13.2. The van der Waals surface area contributed by atoms with Gasteiger partial charge in [0.1, 0.15) is 5.75 Å². The maximum Gasteiger partial charge on any atom is 0.507 e. The van der Waals surface area contributed by atoms with E-state index >= 15 is 0 Å².